The highest BCUT2D eigenvalue weighted by molar-refractivity contribution is 6.06. The monoisotopic (exact) mass is 386 g/mol. The molecule has 0 bridgehead atoms. The summed E-state index contributed by atoms with van der Waals surface area (Å²) in [5, 5.41) is 10.1. The molecule has 3 rings (SSSR count). The number of ether oxygens (including phenoxy) is 2. The fourth-order valence-electron chi connectivity index (χ4n) is 2.65. The molecule has 0 saturated heterocycles. The van der Waals surface area contributed by atoms with Gasteiger partial charge in [0.25, 0.3) is 0 Å². The summed E-state index contributed by atoms with van der Waals surface area (Å²) in [6.07, 6.45) is 5.51. The molecule has 0 fully saturated rings. The minimum atomic E-state index is -1.07. The summed E-state index contributed by atoms with van der Waals surface area (Å²) in [5.41, 5.74) is 2.35. The van der Waals surface area contributed by atoms with E-state index in [1.165, 1.54) is 6.08 Å². The standard InChI is InChI=1S/C25H22O4/c1-28-22-14-12-21(13-15-22)24(26)16-10-20-8-5-9-23(18-20)29-25(27)17-11-19-6-3-2-4-7-19/h2-18,25,27H,1H3/b16-10+,17-11+. The van der Waals surface area contributed by atoms with E-state index >= 15 is 0 Å². The molecule has 0 aliphatic carbocycles. The Morgan fingerprint density at radius 2 is 1.59 bits per heavy atom. The SMILES string of the molecule is COc1ccc(C(=O)/C=C/c2cccc(OC(O)/C=C/c3ccccc3)c2)cc1. The summed E-state index contributed by atoms with van der Waals surface area (Å²) in [6, 6.07) is 23.8. The minimum Gasteiger partial charge on any atom is -0.497 e. The minimum absolute atomic E-state index is 0.107. The van der Waals surface area contributed by atoms with Gasteiger partial charge in [0, 0.05) is 5.56 Å². The lowest BCUT2D eigenvalue weighted by molar-refractivity contribution is 0.0254. The van der Waals surface area contributed by atoms with Crippen molar-refractivity contribution in [1.29, 1.82) is 0 Å². The molecule has 0 aliphatic heterocycles. The zero-order chi connectivity index (χ0) is 20.5. The number of aliphatic hydroxyl groups is 1. The van der Waals surface area contributed by atoms with Crippen molar-refractivity contribution in [2.45, 2.75) is 6.29 Å². The maximum Gasteiger partial charge on any atom is 0.217 e. The number of aliphatic hydroxyl groups excluding tert-OH is 1. The molecule has 1 N–H and O–H groups in total. The lowest BCUT2D eigenvalue weighted by Crippen LogP contribution is -2.11. The van der Waals surface area contributed by atoms with Crippen LogP contribution in [0.1, 0.15) is 21.5 Å². The smallest absolute Gasteiger partial charge is 0.217 e. The van der Waals surface area contributed by atoms with Crippen LogP contribution in [0, 0.1) is 0 Å². The molecule has 0 saturated carbocycles. The van der Waals surface area contributed by atoms with Crippen molar-refractivity contribution >= 4 is 17.9 Å². The Bertz CT molecular complexity index is 989. The predicted octanol–water partition coefficient (Wildman–Crippen LogP) is 5.00. The first-order valence-electron chi connectivity index (χ1n) is 9.18. The van der Waals surface area contributed by atoms with Gasteiger partial charge in [-0.1, -0.05) is 54.6 Å². The van der Waals surface area contributed by atoms with E-state index in [4.69, 9.17) is 9.47 Å². The van der Waals surface area contributed by atoms with E-state index in [-0.39, 0.29) is 5.78 Å². The van der Waals surface area contributed by atoms with Crippen LogP contribution in [-0.2, 0) is 0 Å². The van der Waals surface area contributed by atoms with Crippen LogP contribution < -0.4 is 9.47 Å². The Morgan fingerprint density at radius 3 is 2.31 bits per heavy atom. The molecule has 0 spiro atoms. The number of allylic oxidation sites excluding steroid dienone is 1. The van der Waals surface area contributed by atoms with Crippen molar-refractivity contribution in [2.75, 3.05) is 7.11 Å². The molecule has 0 heterocycles. The van der Waals surface area contributed by atoms with Gasteiger partial charge >= 0.3 is 0 Å². The summed E-state index contributed by atoms with van der Waals surface area (Å²) >= 11 is 0. The topological polar surface area (TPSA) is 55.8 Å². The largest absolute Gasteiger partial charge is 0.497 e. The molecule has 0 aliphatic rings. The molecular formula is C25H22O4. The fourth-order valence-corrected chi connectivity index (χ4v) is 2.65. The normalized spacial score (nSPS) is 12.2. The number of ketones is 1. The molecule has 1 unspecified atom stereocenters. The summed E-state index contributed by atoms with van der Waals surface area (Å²) in [5.74, 6) is 1.11. The molecular weight excluding hydrogens is 364 g/mol. The fraction of sp³-hybridized carbons (Fsp3) is 0.0800. The maximum absolute atomic E-state index is 12.3. The highest BCUT2D eigenvalue weighted by Crippen LogP contribution is 2.17. The second-order valence-electron chi connectivity index (χ2n) is 6.28. The lowest BCUT2D eigenvalue weighted by Gasteiger charge is -2.10. The number of methoxy groups -OCH3 is 1. The van der Waals surface area contributed by atoms with Gasteiger partial charge in [0.05, 0.1) is 7.11 Å². The van der Waals surface area contributed by atoms with Gasteiger partial charge in [-0.3, -0.25) is 4.79 Å². The average molecular weight is 386 g/mol. The van der Waals surface area contributed by atoms with Crippen LogP contribution in [0.5, 0.6) is 11.5 Å². The molecule has 4 nitrogen and oxygen atoms in total. The van der Waals surface area contributed by atoms with Gasteiger partial charge in [-0.15, -0.1) is 0 Å². The molecule has 4 heteroatoms. The Morgan fingerprint density at radius 1 is 0.862 bits per heavy atom. The summed E-state index contributed by atoms with van der Waals surface area (Å²) < 4.78 is 10.6. The molecule has 0 amide bonds. The third-order valence-electron chi connectivity index (χ3n) is 4.17. The van der Waals surface area contributed by atoms with Crippen LogP contribution in [0.25, 0.3) is 12.2 Å². The van der Waals surface area contributed by atoms with Crippen LogP contribution >= 0.6 is 0 Å². The van der Waals surface area contributed by atoms with Crippen molar-refractivity contribution in [3.63, 3.8) is 0 Å². The van der Waals surface area contributed by atoms with Crippen LogP contribution in [-0.4, -0.2) is 24.3 Å². The van der Waals surface area contributed by atoms with Gasteiger partial charge < -0.3 is 14.6 Å². The van der Waals surface area contributed by atoms with Gasteiger partial charge in [-0.25, -0.2) is 0 Å². The summed E-state index contributed by atoms with van der Waals surface area (Å²) in [7, 11) is 1.58. The van der Waals surface area contributed by atoms with Gasteiger partial charge in [0.2, 0.25) is 6.29 Å². The van der Waals surface area contributed by atoms with E-state index in [1.807, 2.05) is 36.4 Å². The molecule has 1 atom stereocenters. The first-order valence-corrected chi connectivity index (χ1v) is 9.18. The third kappa shape index (κ3) is 6.19. The van der Waals surface area contributed by atoms with Crippen molar-refractivity contribution in [3.8, 4) is 11.5 Å². The van der Waals surface area contributed by atoms with Gasteiger partial charge in [0.1, 0.15) is 11.5 Å². The van der Waals surface area contributed by atoms with Gasteiger partial charge in [-0.05, 0) is 59.7 Å². The Labute approximate surface area is 170 Å². The average Bonchev–Trinajstić information content (AvgIpc) is 2.77. The maximum atomic E-state index is 12.3. The van der Waals surface area contributed by atoms with Crippen molar-refractivity contribution < 1.29 is 19.4 Å². The van der Waals surface area contributed by atoms with Gasteiger partial charge in [-0.2, -0.15) is 0 Å². The molecule has 29 heavy (non-hydrogen) atoms. The Hall–Kier alpha value is -3.63. The van der Waals surface area contributed by atoms with Crippen LogP contribution in [0.4, 0.5) is 0 Å². The number of hydrogen-bond acceptors (Lipinski definition) is 4. The molecule has 146 valence electrons. The molecule has 0 aromatic heterocycles. The van der Waals surface area contributed by atoms with E-state index in [0.29, 0.717) is 17.1 Å². The summed E-state index contributed by atoms with van der Waals surface area (Å²) in [6.45, 7) is 0. The van der Waals surface area contributed by atoms with Crippen molar-refractivity contribution in [3.05, 3.63) is 108 Å². The number of carbonyl (C=O) groups is 1. The second-order valence-corrected chi connectivity index (χ2v) is 6.28. The van der Waals surface area contributed by atoms with Crippen molar-refractivity contribution in [1.82, 2.24) is 0 Å². The van der Waals surface area contributed by atoms with Crippen LogP contribution in [0.2, 0.25) is 0 Å². The zero-order valence-electron chi connectivity index (χ0n) is 16.1. The highest BCUT2D eigenvalue weighted by atomic mass is 16.6. The quantitative estimate of drug-likeness (QED) is 0.336. The lowest BCUT2D eigenvalue weighted by atomic mass is 10.1. The highest BCUT2D eigenvalue weighted by Gasteiger charge is 2.04. The van der Waals surface area contributed by atoms with Crippen LogP contribution in [0.3, 0.4) is 0 Å². The Kier molecular flexibility index (Phi) is 6.98. The molecule has 3 aromatic carbocycles. The van der Waals surface area contributed by atoms with E-state index < -0.39 is 6.29 Å². The Balaban J connectivity index is 1.61. The number of benzene rings is 3. The van der Waals surface area contributed by atoms with E-state index in [9.17, 15) is 9.90 Å². The molecule has 0 radical (unpaired) electrons. The molecule has 3 aromatic rings. The number of rotatable bonds is 8. The second kappa shape index (κ2) is 10.1. The van der Waals surface area contributed by atoms with E-state index in [2.05, 4.69) is 0 Å². The predicted molar refractivity (Wildman–Crippen MR) is 115 cm³/mol. The van der Waals surface area contributed by atoms with Crippen molar-refractivity contribution in [2.24, 2.45) is 0 Å². The van der Waals surface area contributed by atoms with Gasteiger partial charge in [0.15, 0.2) is 5.78 Å². The van der Waals surface area contributed by atoms with E-state index in [0.717, 1.165) is 11.1 Å². The number of hydrogen-bond donors (Lipinski definition) is 1. The summed E-state index contributed by atoms with van der Waals surface area (Å²) in [4.78, 5) is 12.3. The zero-order valence-corrected chi connectivity index (χ0v) is 16.1. The first kappa shape index (κ1) is 20.1. The van der Waals surface area contributed by atoms with E-state index in [1.54, 1.807) is 67.8 Å². The van der Waals surface area contributed by atoms with Crippen LogP contribution in [0.15, 0.2) is 91.0 Å². The first-order chi connectivity index (χ1) is 14.1. The third-order valence-corrected chi connectivity index (χ3v) is 4.17. The number of carbonyl (C=O) groups excluding carboxylic acids is 1.